The smallest absolute Gasteiger partial charge is 0.220 e. The van der Waals surface area contributed by atoms with Crippen LogP contribution in [0.15, 0.2) is 24.5 Å². The maximum absolute atomic E-state index is 12.9. The number of amides is 1. The summed E-state index contributed by atoms with van der Waals surface area (Å²) in [5.74, 6) is 1.40. The van der Waals surface area contributed by atoms with Crippen molar-refractivity contribution in [2.45, 2.75) is 80.6 Å². The molecule has 7 rings (SSSR count). The number of phenols is 1. The van der Waals surface area contributed by atoms with Gasteiger partial charge in [0.05, 0.1) is 23.3 Å². The van der Waals surface area contributed by atoms with Crippen LogP contribution >= 0.6 is 0 Å². The third-order valence-corrected chi connectivity index (χ3v) is 9.30. The molecule has 1 amide bonds. The van der Waals surface area contributed by atoms with Crippen molar-refractivity contribution in [3.05, 3.63) is 41.2 Å². The first-order chi connectivity index (χ1) is 16.5. The Balaban J connectivity index is 1.22. The summed E-state index contributed by atoms with van der Waals surface area (Å²) in [6.07, 6.45) is 9.61. The van der Waals surface area contributed by atoms with Gasteiger partial charge in [0.15, 0.2) is 11.5 Å². The molecule has 1 aromatic carbocycles. The Hall–Kier alpha value is -2.58. The van der Waals surface area contributed by atoms with E-state index in [9.17, 15) is 15.0 Å². The standard InChI is InChI=1S/C26H32N4O4/c31-19-5-4-17-11-20-26(33)8-7-18(29-21(32)6-3-16-12-27-28-13-16)24-25(26,22(17)23(19)34-24)9-10-30(20)14-15-1-2-15/h4-5,12-13,15,18,20,24,31,33H,1-3,6-11,14H2,(H,27,28)(H,29,32)/t18-,20+,24-,25-,26+/m0/s1. The number of hydrogen-bond acceptors (Lipinski definition) is 6. The fraction of sp³-hybridized carbons (Fsp3) is 0.615. The summed E-state index contributed by atoms with van der Waals surface area (Å²) < 4.78 is 6.51. The average Bonchev–Trinajstić information content (AvgIpc) is 3.33. The Kier molecular flexibility index (Phi) is 4.40. The van der Waals surface area contributed by atoms with E-state index in [0.29, 0.717) is 31.4 Å². The first-order valence-corrected chi connectivity index (χ1v) is 12.7. The second kappa shape index (κ2) is 7.21. The summed E-state index contributed by atoms with van der Waals surface area (Å²) in [4.78, 5) is 15.4. The number of aromatic amines is 1. The number of hydrogen-bond donors (Lipinski definition) is 4. The molecule has 8 nitrogen and oxygen atoms in total. The van der Waals surface area contributed by atoms with Crippen molar-refractivity contribution < 1.29 is 19.7 Å². The molecule has 5 atom stereocenters. The number of aliphatic hydroxyl groups is 1. The van der Waals surface area contributed by atoms with Crippen LogP contribution in [0.5, 0.6) is 11.5 Å². The number of benzene rings is 1. The quantitative estimate of drug-likeness (QED) is 0.519. The Bertz CT molecular complexity index is 1130. The number of H-pyrrole nitrogens is 1. The van der Waals surface area contributed by atoms with E-state index in [1.165, 1.54) is 18.4 Å². The normalized spacial score (nSPS) is 35.5. The lowest BCUT2D eigenvalue weighted by atomic mass is 9.48. The van der Waals surface area contributed by atoms with Gasteiger partial charge < -0.3 is 20.3 Å². The highest BCUT2D eigenvalue weighted by Crippen LogP contribution is 2.65. The number of aryl methyl sites for hydroxylation is 1. The van der Waals surface area contributed by atoms with E-state index in [2.05, 4.69) is 20.4 Å². The van der Waals surface area contributed by atoms with Crippen molar-refractivity contribution in [3.63, 3.8) is 0 Å². The predicted octanol–water partition coefficient (Wildman–Crippen LogP) is 1.80. The van der Waals surface area contributed by atoms with E-state index in [4.69, 9.17) is 4.74 Å². The van der Waals surface area contributed by atoms with Crippen LogP contribution in [0.3, 0.4) is 0 Å². The number of nitrogens with zero attached hydrogens (tertiary/aromatic N) is 2. The number of rotatable bonds is 6. The summed E-state index contributed by atoms with van der Waals surface area (Å²) in [7, 11) is 0. The topological polar surface area (TPSA) is 111 Å². The minimum atomic E-state index is -0.922. The zero-order valence-corrected chi connectivity index (χ0v) is 19.3. The lowest BCUT2D eigenvalue weighted by Gasteiger charge is -2.64. The molecule has 0 unspecified atom stereocenters. The molecule has 4 N–H and O–H groups in total. The van der Waals surface area contributed by atoms with E-state index in [1.54, 1.807) is 12.3 Å². The molecule has 2 saturated carbocycles. The minimum Gasteiger partial charge on any atom is -0.504 e. The summed E-state index contributed by atoms with van der Waals surface area (Å²) >= 11 is 0. The van der Waals surface area contributed by atoms with Crippen LogP contribution in [0.4, 0.5) is 0 Å². The van der Waals surface area contributed by atoms with Gasteiger partial charge >= 0.3 is 0 Å². The molecule has 3 aliphatic carbocycles. The second-order valence-electron chi connectivity index (χ2n) is 11.1. The summed E-state index contributed by atoms with van der Waals surface area (Å²) in [6.45, 7) is 1.97. The number of carbonyl (C=O) groups excluding carboxylic acids is 1. The van der Waals surface area contributed by atoms with E-state index in [-0.39, 0.29) is 29.8 Å². The number of likely N-dealkylation sites (tertiary alicyclic amines) is 1. The molecule has 180 valence electrons. The van der Waals surface area contributed by atoms with Crippen molar-refractivity contribution >= 4 is 5.91 Å². The van der Waals surface area contributed by atoms with Crippen molar-refractivity contribution in [1.82, 2.24) is 20.4 Å². The number of carbonyl (C=O) groups is 1. The zero-order valence-electron chi connectivity index (χ0n) is 19.3. The molecule has 8 heteroatoms. The molecule has 3 fully saturated rings. The van der Waals surface area contributed by atoms with Gasteiger partial charge in [0.1, 0.15) is 6.10 Å². The highest BCUT2D eigenvalue weighted by Gasteiger charge is 2.73. The zero-order chi connectivity index (χ0) is 23.1. The third-order valence-electron chi connectivity index (χ3n) is 9.30. The molecule has 2 bridgehead atoms. The van der Waals surface area contributed by atoms with Crippen LogP contribution in [-0.2, 0) is 23.1 Å². The van der Waals surface area contributed by atoms with Crippen molar-refractivity contribution in [3.8, 4) is 11.5 Å². The first-order valence-electron chi connectivity index (χ1n) is 12.7. The molecule has 3 heterocycles. The molecule has 34 heavy (non-hydrogen) atoms. The predicted molar refractivity (Wildman–Crippen MR) is 124 cm³/mol. The van der Waals surface area contributed by atoms with Gasteiger partial charge in [-0.15, -0.1) is 0 Å². The van der Waals surface area contributed by atoms with E-state index >= 15 is 0 Å². The Morgan fingerprint density at radius 3 is 2.97 bits per heavy atom. The monoisotopic (exact) mass is 464 g/mol. The number of aromatic nitrogens is 2. The van der Waals surface area contributed by atoms with E-state index < -0.39 is 11.0 Å². The van der Waals surface area contributed by atoms with Gasteiger partial charge in [-0.3, -0.25) is 14.8 Å². The molecule has 2 aromatic rings. The summed E-state index contributed by atoms with van der Waals surface area (Å²) in [6, 6.07) is 3.59. The lowest BCUT2D eigenvalue weighted by Crippen LogP contribution is -2.78. The molecular formula is C26H32N4O4. The van der Waals surface area contributed by atoms with Crippen molar-refractivity contribution in [1.29, 1.82) is 0 Å². The van der Waals surface area contributed by atoms with Gasteiger partial charge in [-0.1, -0.05) is 6.07 Å². The number of piperidine rings is 1. The average molecular weight is 465 g/mol. The fourth-order valence-electron chi connectivity index (χ4n) is 7.58. The molecule has 1 aromatic heterocycles. The van der Waals surface area contributed by atoms with Crippen molar-refractivity contribution in [2.75, 3.05) is 13.1 Å². The Morgan fingerprint density at radius 1 is 1.29 bits per heavy atom. The van der Waals surface area contributed by atoms with Gasteiger partial charge in [-0.05, 0) is 74.6 Å². The number of ether oxygens (including phenoxy) is 1. The fourth-order valence-corrected chi connectivity index (χ4v) is 7.58. The highest BCUT2D eigenvalue weighted by atomic mass is 16.5. The molecule has 0 radical (unpaired) electrons. The van der Waals surface area contributed by atoms with Crippen LogP contribution < -0.4 is 10.1 Å². The molecule has 1 spiro atoms. The number of aromatic hydroxyl groups is 1. The van der Waals surface area contributed by atoms with Gasteiger partial charge in [0, 0.05) is 30.8 Å². The summed E-state index contributed by atoms with van der Waals surface area (Å²) in [5.41, 5.74) is 1.66. The maximum Gasteiger partial charge on any atom is 0.220 e. The highest BCUT2D eigenvalue weighted by molar-refractivity contribution is 5.77. The van der Waals surface area contributed by atoms with Crippen LogP contribution in [0.25, 0.3) is 0 Å². The molecular weight excluding hydrogens is 432 g/mol. The number of phenolic OH excluding ortho intramolecular Hbond substituents is 1. The van der Waals surface area contributed by atoms with E-state index in [0.717, 1.165) is 43.0 Å². The van der Waals surface area contributed by atoms with Crippen LogP contribution in [0, 0.1) is 5.92 Å². The van der Waals surface area contributed by atoms with Crippen LogP contribution in [-0.4, -0.2) is 68.1 Å². The third kappa shape index (κ3) is 2.78. The SMILES string of the molecule is O=C(CCc1cn[nH]c1)N[C@H]1CC[C@@]2(O)[C@H]3Cc4ccc(O)c5c4[C@@]2(CCN3CC2CC2)[C@H]1O5. The molecule has 1 saturated heterocycles. The van der Waals surface area contributed by atoms with Gasteiger partial charge in [-0.2, -0.15) is 5.10 Å². The lowest BCUT2D eigenvalue weighted by molar-refractivity contribution is -0.192. The molecule has 5 aliphatic rings. The largest absolute Gasteiger partial charge is 0.504 e. The second-order valence-corrected chi connectivity index (χ2v) is 11.1. The van der Waals surface area contributed by atoms with E-state index in [1.807, 2.05) is 12.3 Å². The van der Waals surface area contributed by atoms with Gasteiger partial charge in [0.25, 0.3) is 0 Å². The van der Waals surface area contributed by atoms with Crippen molar-refractivity contribution in [2.24, 2.45) is 5.92 Å². The maximum atomic E-state index is 12.9. The molecule has 2 aliphatic heterocycles. The summed E-state index contributed by atoms with van der Waals surface area (Å²) in [5, 5.41) is 33.2. The van der Waals surface area contributed by atoms with Gasteiger partial charge in [0.2, 0.25) is 5.91 Å². The Morgan fingerprint density at radius 2 is 2.18 bits per heavy atom. The van der Waals surface area contributed by atoms with Crippen LogP contribution in [0.2, 0.25) is 0 Å². The minimum absolute atomic E-state index is 0.0180. The van der Waals surface area contributed by atoms with Gasteiger partial charge in [-0.25, -0.2) is 0 Å². The number of nitrogens with one attached hydrogen (secondary N) is 2. The Labute approximate surface area is 198 Å². The first kappa shape index (κ1) is 20.8. The van der Waals surface area contributed by atoms with Crippen LogP contribution in [0.1, 0.15) is 55.2 Å².